The molecule has 3 rings (SSSR count). The van der Waals surface area contributed by atoms with Crippen molar-refractivity contribution in [3.05, 3.63) is 35.6 Å². The van der Waals surface area contributed by atoms with Gasteiger partial charge < -0.3 is 19.7 Å². The molecule has 0 aromatic heterocycles. The molecule has 0 radical (unpaired) electrons. The summed E-state index contributed by atoms with van der Waals surface area (Å²) in [5.74, 6) is 0.688. The molecule has 1 aromatic carbocycles. The monoisotopic (exact) mass is 477 g/mol. The van der Waals surface area contributed by atoms with E-state index < -0.39 is 0 Å². The van der Waals surface area contributed by atoms with E-state index in [0.29, 0.717) is 6.54 Å². The Kier molecular flexibility index (Phi) is 7.66. The van der Waals surface area contributed by atoms with Gasteiger partial charge in [-0.1, -0.05) is 19.1 Å². The SMILES string of the molecule is CCNC(=NCC1(C)COC1)N1CC(C)OC(c2ccc(F)cc2)C1.I. The van der Waals surface area contributed by atoms with Gasteiger partial charge in [0.25, 0.3) is 0 Å². The molecule has 1 N–H and O–H groups in total. The third-order valence-electron chi connectivity index (χ3n) is 4.65. The third kappa shape index (κ3) is 5.29. The number of nitrogens with one attached hydrogen (secondary N) is 1. The van der Waals surface area contributed by atoms with E-state index in [4.69, 9.17) is 14.5 Å². The highest BCUT2D eigenvalue weighted by molar-refractivity contribution is 14.0. The van der Waals surface area contributed by atoms with Crippen LogP contribution in [-0.4, -0.2) is 56.4 Å². The molecule has 26 heavy (non-hydrogen) atoms. The number of benzene rings is 1. The van der Waals surface area contributed by atoms with Crippen LogP contribution in [0.15, 0.2) is 29.3 Å². The van der Waals surface area contributed by atoms with Gasteiger partial charge in [-0.3, -0.25) is 4.99 Å². The van der Waals surface area contributed by atoms with Gasteiger partial charge in [0.15, 0.2) is 5.96 Å². The zero-order chi connectivity index (χ0) is 17.9. The maximum absolute atomic E-state index is 13.2. The fraction of sp³-hybridized carbons (Fsp3) is 0.632. The van der Waals surface area contributed by atoms with Crippen LogP contribution in [0.4, 0.5) is 4.39 Å². The maximum atomic E-state index is 13.2. The van der Waals surface area contributed by atoms with Crippen LogP contribution in [0.25, 0.3) is 0 Å². The fourth-order valence-corrected chi connectivity index (χ4v) is 3.22. The molecule has 7 heteroatoms. The van der Waals surface area contributed by atoms with Gasteiger partial charge in [0.05, 0.1) is 32.4 Å². The molecule has 0 aliphatic carbocycles. The zero-order valence-electron chi connectivity index (χ0n) is 15.7. The van der Waals surface area contributed by atoms with E-state index in [-0.39, 0.29) is 47.4 Å². The lowest BCUT2D eigenvalue weighted by atomic mass is 9.89. The van der Waals surface area contributed by atoms with Gasteiger partial charge in [-0.2, -0.15) is 0 Å². The Morgan fingerprint density at radius 1 is 1.31 bits per heavy atom. The van der Waals surface area contributed by atoms with Crippen molar-refractivity contribution in [2.45, 2.75) is 33.0 Å². The predicted molar refractivity (Wildman–Crippen MR) is 112 cm³/mol. The summed E-state index contributed by atoms with van der Waals surface area (Å²) in [6, 6.07) is 6.57. The molecule has 0 spiro atoms. The summed E-state index contributed by atoms with van der Waals surface area (Å²) in [5, 5.41) is 3.39. The Labute approximate surface area is 172 Å². The van der Waals surface area contributed by atoms with Crippen molar-refractivity contribution in [1.82, 2.24) is 10.2 Å². The van der Waals surface area contributed by atoms with Crippen molar-refractivity contribution in [2.75, 3.05) is 39.4 Å². The highest BCUT2D eigenvalue weighted by atomic mass is 127. The number of halogens is 2. The standard InChI is InChI=1S/C19H28FN3O2.HI/c1-4-21-18(22-11-19(3)12-24-13-19)23-9-14(2)25-17(10-23)15-5-7-16(20)8-6-15;/h5-8,14,17H,4,9-13H2,1-3H3,(H,21,22);1H. The van der Waals surface area contributed by atoms with Gasteiger partial charge in [-0.25, -0.2) is 4.39 Å². The van der Waals surface area contributed by atoms with Crippen LogP contribution in [0.5, 0.6) is 0 Å². The third-order valence-corrected chi connectivity index (χ3v) is 4.65. The summed E-state index contributed by atoms with van der Waals surface area (Å²) in [6.07, 6.45) is -0.00823. The Balaban J connectivity index is 0.00000243. The van der Waals surface area contributed by atoms with Crippen LogP contribution in [-0.2, 0) is 9.47 Å². The number of aliphatic imine (C=N–C) groups is 1. The van der Waals surface area contributed by atoms with Gasteiger partial charge in [-0.15, -0.1) is 24.0 Å². The first-order valence-electron chi connectivity index (χ1n) is 9.01. The van der Waals surface area contributed by atoms with Crippen molar-refractivity contribution in [2.24, 2.45) is 10.4 Å². The number of hydrogen-bond donors (Lipinski definition) is 1. The highest BCUT2D eigenvalue weighted by Gasteiger charge is 2.34. The van der Waals surface area contributed by atoms with E-state index >= 15 is 0 Å². The van der Waals surface area contributed by atoms with Gasteiger partial charge in [0.2, 0.25) is 0 Å². The molecular formula is C19H29FIN3O2. The quantitative estimate of drug-likeness (QED) is 0.411. The molecule has 0 bridgehead atoms. The Bertz CT molecular complexity index is 607. The molecule has 5 nitrogen and oxygen atoms in total. The molecule has 2 atom stereocenters. The number of hydrogen-bond acceptors (Lipinski definition) is 3. The molecule has 0 amide bonds. The first-order valence-corrected chi connectivity index (χ1v) is 9.01. The fourth-order valence-electron chi connectivity index (χ4n) is 3.22. The van der Waals surface area contributed by atoms with E-state index in [1.165, 1.54) is 12.1 Å². The first-order chi connectivity index (χ1) is 12.0. The Morgan fingerprint density at radius 3 is 2.58 bits per heavy atom. The van der Waals surface area contributed by atoms with Crippen LogP contribution >= 0.6 is 24.0 Å². The lowest BCUT2D eigenvalue weighted by Crippen LogP contribution is -2.51. The average Bonchev–Trinajstić information content (AvgIpc) is 2.57. The summed E-state index contributed by atoms with van der Waals surface area (Å²) in [5.41, 5.74) is 1.14. The van der Waals surface area contributed by atoms with Crippen LogP contribution in [0, 0.1) is 11.2 Å². The van der Waals surface area contributed by atoms with Crippen LogP contribution in [0.1, 0.15) is 32.4 Å². The second kappa shape index (κ2) is 9.32. The van der Waals surface area contributed by atoms with Crippen molar-refractivity contribution in [3.63, 3.8) is 0 Å². The van der Waals surface area contributed by atoms with E-state index in [2.05, 4.69) is 31.0 Å². The molecule has 2 fully saturated rings. The van der Waals surface area contributed by atoms with Gasteiger partial charge in [-0.05, 0) is 31.5 Å². The molecule has 2 aliphatic rings. The summed E-state index contributed by atoms with van der Waals surface area (Å²) in [6.45, 7) is 10.9. The number of nitrogens with zero attached hydrogens (tertiary/aromatic N) is 2. The maximum Gasteiger partial charge on any atom is 0.194 e. The number of rotatable bonds is 4. The summed E-state index contributed by atoms with van der Waals surface area (Å²) < 4.78 is 24.6. The second-order valence-electron chi connectivity index (χ2n) is 7.37. The van der Waals surface area contributed by atoms with E-state index in [9.17, 15) is 4.39 Å². The minimum absolute atomic E-state index is 0. The zero-order valence-corrected chi connectivity index (χ0v) is 18.0. The minimum atomic E-state index is -0.227. The molecule has 1 aromatic rings. The molecule has 0 saturated carbocycles. The number of guanidine groups is 1. The molecule has 2 saturated heterocycles. The van der Waals surface area contributed by atoms with Crippen molar-refractivity contribution in [3.8, 4) is 0 Å². The van der Waals surface area contributed by atoms with Crippen molar-refractivity contribution < 1.29 is 13.9 Å². The average molecular weight is 477 g/mol. The number of ether oxygens (including phenoxy) is 2. The van der Waals surface area contributed by atoms with E-state index in [1.807, 2.05) is 0 Å². The summed E-state index contributed by atoms with van der Waals surface area (Å²) >= 11 is 0. The van der Waals surface area contributed by atoms with Gasteiger partial charge in [0.1, 0.15) is 11.9 Å². The van der Waals surface area contributed by atoms with E-state index in [0.717, 1.165) is 44.4 Å². The molecule has 2 aliphatic heterocycles. The van der Waals surface area contributed by atoms with Crippen LogP contribution in [0.3, 0.4) is 0 Å². The summed E-state index contributed by atoms with van der Waals surface area (Å²) in [7, 11) is 0. The van der Waals surface area contributed by atoms with Crippen molar-refractivity contribution >= 4 is 29.9 Å². The minimum Gasteiger partial charge on any atom is -0.380 e. The molecule has 2 heterocycles. The number of morpholine rings is 1. The lowest BCUT2D eigenvalue weighted by Gasteiger charge is -2.40. The Hall–Kier alpha value is -0.930. The largest absolute Gasteiger partial charge is 0.380 e. The topological polar surface area (TPSA) is 46.1 Å². The normalized spacial score (nSPS) is 25.2. The lowest BCUT2D eigenvalue weighted by molar-refractivity contribution is -0.0948. The second-order valence-corrected chi connectivity index (χ2v) is 7.37. The van der Waals surface area contributed by atoms with Gasteiger partial charge in [0, 0.05) is 18.5 Å². The first kappa shape index (κ1) is 21.4. The van der Waals surface area contributed by atoms with Crippen LogP contribution in [0.2, 0.25) is 0 Å². The van der Waals surface area contributed by atoms with Gasteiger partial charge >= 0.3 is 0 Å². The van der Waals surface area contributed by atoms with Crippen molar-refractivity contribution in [1.29, 1.82) is 0 Å². The Morgan fingerprint density at radius 2 is 2.00 bits per heavy atom. The van der Waals surface area contributed by atoms with E-state index in [1.54, 1.807) is 12.1 Å². The molecule has 146 valence electrons. The molecular weight excluding hydrogens is 448 g/mol. The van der Waals surface area contributed by atoms with Crippen LogP contribution < -0.4 is 5.32 Å². The summed E-state index contributed by atoms with van der Waals surface area (Å²) in [4.78, 5) is 7.09. The highest BCUT2D eigenvalue weighted by Crippen LogP contribution is 2.28. The predicted octanol–water partition coefficient (Wildman–Crippen LogP) is 3.21. The smallest absolute Gasteiger partial charge is 0.194 e. The molecule has 2 unspecified atom stereocenters.